The molecule has 3 nitrogen and oxygen atoms in total. The molecule has 0 spiro atoms. The van der Waals surface area contributed by atoms with Crippen molar-refractivity contribution in [2.75, 3.05) is 0 Å². The summed E-state index contributed by atoms with van der Waals surface area (Å²) in [6.45, 7) is 0. The van der Waals surface area contributed by atoms with Crippen molar-refractivity contribution in [2.24, 2.45) is 5.92 Å². The zero-order valence-corrected chi connectivity index (χ0v) is 28.9. The third kappa shape index (κ3) is 3.91. The minimum absolute atomic E-state index is 0.130. The first kappa shape index (κ1) is 27.7. The van der Waals surface area contributed by atoms with E-state index in [1.54, 1.807) is 0 Å². The second kappa shape index (κ2) is 10.4. The predicted octanol–water partition coefficient (Wildman–Crippen LogP) is 8.86. The molecule has 0 fully saturated rings. The number of hydrogen-bond acceptors (Lipinski definition) is 1. The Morgan fingerprint density at radius 3 is 1.49 bits per heavy atom. The van der Waals surface area contributed by atoms with E-state index in [0.717, 1.165) is 18.4 Å². The molecule has 1 unspecified atom stereocenters. The fourth-order valence-electron chi connectivity index (χ4n) is 8.66. The van der Waals surface area contributed by atoms with Crippen molar-refractivity contribution < 1.29 is 4.79 Å². The Kier molecular flexibility index (Phi) is 5.85. The molecule has 0 saturated heterocycles. The summed E-state index contributed by atoms with van der Waals surface area (Å²) in [5.74, 6) is 0.131. The Bertz CT molecular complexity index is 2750. The molecule has 231 valence electrons. The van der Waals surface area contributed by atoms with Gasteiger partial charge in [-0.3, -0.25) is 0 Å². The molecule has 0 bridgehead atoms. The van der Waals surface area contributed by atoms with Gasteiger partial charge < -0.3 is 0 Å². The van der Waals surface area contributed by atoms with E-state index >= 15 is 0 Å². The molecular formula is C45H29N2OTe. The normalized spacial score (nSPS) is 16.6. The van der Waals surface area contributed by atoms with Gasteiger partial charge in [-0.1, -0.05) is 0 Å². The molecular weight excluding hydrogens is 712 g/mol. The number of carbonyl (C=O) groups is 1. The molecule has 3 aliphatic rings. The summed E-state index contributed by atoms with van der Waals surface area (Å²) >= 11 is -0.623. The number of benzene rings is 6. The number of hydrogen-bond donors (Lipinski definition) is 0. The first-order chi connectivity index (χ1) is 24.2. The van der Waals surface area contributed by atoms with Crippen LogP contribution in [0.4, 0.5) is 0 Å². The van der Waals surface area contributed by atoms with Crippen LogP contribution < -0.4 is 3.61 Å². The van der Waals surface area contributed by atoms with Crippen molar-refractivity contribution in [1.29, 1.82) is 0 Å². The molecule has 8 aromatic rings. The summed E-state index contributed by atoms with van der Waals surface area (Å²) in [4.78, 5) is 13.9. The van der Waals surface area contributed by atoms with Crippen LogP contribution >= 0.6 is 0 Å². The summed E-state index contributed by atoms with van der Waals surface area (Å²) < 4.78 is 7.59. The van der Waals surface area contributed by atoms with Crippen molar-refractivity contribution in [3.05, 3.63) is 173 Å². The first-order valence-corrected chi connectivity index (χ1v) is 19.3. The van der Waals surface area contributed by atoms with E-state index in [0.29, 0.717) is 0 Å². The van der Waals surface area contributed by atoms with E-state index in [4.69, 9.17) is 0 Å². The molecule has 6 aromatic carbocycles. The number of nitrogens with zero attached hydrogens (tertiary/aromatic N) is 2. The number of rotatable bonds is 2. The zero-order valence-electron chi connectivity index (χ0n) is 26.6. The maximum absolute atomic E-state index is 13.9. The Morgan fingerprint density at radius 2 is 0.959 bits per heavy atom. The van der Waals surface area contributed by atoms with Gasteiger partial charge in [0.25, 0.3) is 0 Å². The SMILES string of the molecule is O=C1c2ccccc2[Te]=C2C=C3Cc4c(-n5c6ccccc6c6ccccc65)ccc(-n5c6ccccc6c6ccccc65)c4CC3=CC12. The van der Waals surface area contributed by atoms with E-state index in [-0.39, 0.29) is 11.7 Å². The van der Waals surface area contributed by atoms with Crippen LogP contribution in [0.5, 0.6) is 0 Å². The van der Waals surface area contributed by atoms with E-state index in [2.05, 4.69) is 143 Å². The molecule has 1 aliphatic heterocycles. The van der Waals surface area contributed by atoms with Gasteiger partial charge in [0.2, 0.25) is 0 Å². The number of carbonyl (C=O) groups excluding carboxylic acids is 1. The number of aromatic nitrogens is 2. The molecule has 3 heterocycles. The molecule has 11 rings (SSSR count). The number of allylic oxidation sites excluding steroid dienone is 4. The average Bonchev–Trinajstić information content (AvgIpc) is 3.66. The fraction of sp³-hybridized carbons (Fsp3) is 0.0667. The van der Waals surface area contributed by atoms with Crippen LogP contribution in [-0.4, -0.2) is 38.9 Å². The summed E-state index contributed by atoms with van der Waals surface area (Å²) in [6, 6.07) is 48.2. The van der Waals surface area contributed by atoms with E-state index in [1.807, 2.05) is 12.1 Å². The monoisotopic (exact) mass is 743 g/mol. The van der Waals surface area contributed by atoms with E-state index in [9.17, 15) is 4.79 Å². The predicted molar refractivity (Wildman–Crippen MR) is 203 cm³/mol. The quantitative estimate of drug-likeness (QED) is 0.163. The minimum atomic E-state index is -0.623. The number of fused-ring (bicyclic) bond motifs is 10. The van der Waals surface area contributed by atoms with Crippen LogP contribution in [0.2, 0.25) is 0 Å². The van der Waals surface area contributed by atoms with Crippen molar-refractivity contribution in [1.82, 2.24) is 9.13 Å². The molecule has 4 heteroatoms. The third-order valence-corrected chi connectivity index (χ3v) is 14.2. The summed E-state index contributed by atoms with van der Waals surface area (Å²) in [6.07, 6.45) is 6.39. The van der Waals surface area contributed by atoms with E-state index < -0.39 is 20.5 Å². The molecule has 0 N–H and O–H groups in total. The van der Waals surface area contributed by atoms with Gasteiger partial charge >= 0.3 is 295 Å². The van der Waals surface area contributed by atoms with Crippen molar-refractivity contribution in [2.45, 2.75) is 12.8 Å². The van der Waals surface area contributed by atoms with Gasteiger partial charge in [-0.15, -0.1) is 0 Å². The second-order valence-electron chi connectivity index (χ2n) is 13.4. The topological polar surface area (TPSA) is 26.9 Å². The second-order valence-corrected chi connectivity index (χ2v) is 16.5. The molecule has 2 aliphatic carbocycles. The Morgan fingerprint density at radius 1 is 0.510 bits per heavy atom. The molecule has 2 aromatic heterocycles. The van der Waals surface area contributed by atoms with Crippen LogP contribution in [0, 0.1) is 5.92 Å². The van der Waals surface area contributed by atoms with Crippen molar-refractivity contribution in [3.63, 3.8) is 0 Å². The number of Topliss-reactive ketones (excluding diaryl/α,β-unsaturated/α-hetero) is 1. The molecule has 1 atom stereocenters. The van der Waals surface area contributed by atoms with Crippen LogP contribution in [-0.2, 0) is 12.8 Å². The molecule has 1 radical (unpaired) electrons. The summed E-state index contributed by atoms with van der Waals surface area (Å²) in [5, 5.41) is 5.08. The zero-order chi connectivity index (χ0) is 32.2. The van der Waals surface area contributed by atoms with Crippen molar-refractivity contribution >= 4 is 77.0 Å². The molecule has 0 saturated carbocycles. The summed E-state index contributed by atoms with van der Waals surface area (Å²) in [5.41, 5.74) is 13.7. The molecule has 49 heavy (non-hydrogen) atoms. The van der Waals surface area contributed by atoms with Gasteiger partial charge in [-0.2, -0.15) is 0 Å². The number of ketones is 1. The first-order valence-electron chi connectivity index (χ1n) is 16.9. The van der Waals surface area contributed by atoms with Gasteiger partial charge in [-0.05, 0) is 0 Å². The van der Waals surface area contributed by atoms with Crippen molar-refractivity contribution in [3.8, 4) is 11.4 Å². The average molecular weight is 741 g/mol. The third-order valence-electron chi connectivity index (χ3n) is 10.8. The van der Waals surface area contributed by atoms with Gasteiger partial charge in [0.1, 0.15) is 0 Å². The van der Waals surface area contributed by atoms with Crippen LogP contribution in [0.1, 0.15) is 21.5 Å². The van der Waals surface area contributed by atoms with Gasteiger partial charge in [-0.25, -0.2) is 0 Å². The number of para-hydroxylation sites is 4. The van der Waals surface area contributed by atoms with Crippen LogP contribution in [0.15, 0.2) is 157 Å². The van der Waals surface area contributed by atoms with Crippen LogP contribution in [0.3, 0.4) is 0 Å². The Balaban J connectivity index is 1.21. The Labute approximate surface area is 293 Å². The van der Waals surface area contributed by atoms with Gasteiger partial charge in [0, 0.05) is 0 Å². The standard InChI is InChI=1S/C45H29N2OTe/c48-45-33-15-5-10-20-43(33)49-44-26-28-24-35-34(23-27(28)25-36(44)45)41(46-37-16-6-1-11-29(37)30-12-2-7-17-38(30)46)21-22-42(35)47-39-18-8-3-13-31(39)32-14-4-9-19-40(32)47/h1-22,25-26,36H,23-24H2. The van der Waals surface area contributed by atoms with E-state index in [1.165, 1.54) is 84.4 Å². The summed E-state index contributed by atoms with van der Waals surface area (Å²) in [7, 11) is 0. The van der Waals surface area contributed by atoms with Gasteiger partial charge in [0.05, 0.1) is 0 Å². The Hall–Kier alpha value is -5.27. The maximum atomic E-state index is 13.9. The van der Waals surface area contributed by atoms with Crippen LogP contribution in [0.25, 0.3) is 55.0 Å². The molecule has 0 amide bonds. The fourth-order valence-corrected chi connectivity index (χ4v) is 12.0. The van der Waals surface area contributed by atoms with Gasteiger partial charge in [0.15, 0.2) is 0 Å².